The van der Waals surface area contributed by atoms with E-state index in [4.69, 9.17) is 10.5 Å². The molecule has 1 heterocycles. The molecule has 1 unspecified atom stereocenters. The SMILES string of the molecule is CN(C1CCOCC1)C(CCN)c1ccccc1. The van der Waals surface area contributed by atoms with Crippen LogP contribution in [-0.4, -0.2) is 37.7 Å². The molecule has 0 radical (unpaired) electrons. The summed E-state index contributed by atoms with van der Waals surface area (Å²) in [6.45, 7) is 2.51. The van der Waals surface area contributed by atoms with Crippen molar-refractivity contribution in [3.8, 4) is 0 Å². The number of rotatable bonds is 5. The zero-order chi connectivity index (χ0) is 12.8. The highest BCUT2D eigenvalue weighted by Crippen LogP contribution is 2.27. The summed E-state index contributed by atoms with van der Waals surface area (Å²) in [7, 11) is 2.23. The molecule has 0 bridgehead atoms. The lowest BCUT2D eigenvalue weighted by Crippen LogP contribution is -2.39. The first kappa shape index (κ1) is 13.5. The van der Waals surface area contributed by atoms with E-state index in [9.17, 15) is 0 Å². The predicted molar refractivity (Wildman–Crippen MR) is 74.5 cm³/mol. The first-order chi connectivity index (χ1) is 8.83. The number of hydrogen-bond donors (Lipinski definition) is 1. The van der Waals surface area contributed by atoms with Crippen LogP contribution in [0, 0.1) is 0 Å². The summed E-state index contributed by atoms with van der Waals surface area (Å²) in [5.41, 5.74) is 7.15. The maximum absolute atomic E-state index is 5.78. The van der Waals surface area contributed by atoms with E-state index in [1.54, 1.807) is 0 Å². The van der Waals surface area contributed by atoms with Crippen molar-refractivity contribution in [3.63, 3.8) is 0 Å². The molecular weight excluding hydrogens is 224 g/mol. The summed E-state index contributed by atoms with van der Waals surface area (Å²) in [6, 6.07) is 11.7. The van der Waals surface area contributed by atoms with Crippen molar-refractivity contribution in [3.05, 3.63) is 35.9 Å². The molecule has 1 atom stereocenters. The Hall–Kier alpha value is -0.900. The van der Waals surface area contributed by atoms with Crippen molar-refractivity contribution in [1.82, 2.24) is 4.90 Å². The van der Waals surface area contributed by atoms with Crippen molar-refractivity contribution in [2.24, 2.45) is 5.73 Å². The van der Waals surface area contributed by atoms with E-state index in [2.05, 4.69) is 42.3 Å². The van der Waals surface area contributed by atoms with Crippen molar-refractivity contribution in [2.45, 2.75) is 31.3 Å². The van der Waals surface area contributed by atoms with Gasteiger partial charge in [-0.3, -0.25) is 4.90 Å². The van der Waals surface area contributed by atoms with Crippen LogP contribution >= 0.6 is 0 Å². The van der Waals surface area contributed by atoms with Gasteiger partial charge in [0.05, 0.1) is 0 Å². The number of nitrogens with two attached hydrogens (primary N) is 1. The van der Waals surface area contributed by atoms with Crippen molar-refractivity contribution in [1.29, 1.82) is 0 Å². The molecule has 100 valence electrons. The van der Waals surface area contributed by atoms with Gasteiger partial charge in [0.25, 0.3) is 0 Å². The van der Waals surface area contributed by atoms with Crippen molar-refractivity contribution >= 4 is 0 Å². The highest BCUT2D eigenvalue weighted by molar-refractivity contribution is 5.19. The molecule has 0 aromatic heterocycles. The van der Waals surface area contributed by atoms with E-state index in [0.29, 0.717) is 12.1 Å². The molecular formula is C15H24N2O. The van der Waals surface area contributed by atoms with Gasteiger partial charge in [0.15, 0.2) is 0 Å². The minimum atomic E-state index is 0.430. The lowest BCUT2D eigenvalue weighted by molar-refractivity contribution is 0.0270. The second-order valence-electron chi connectivity index (χ2n) is 5.01. The largest absolute Gasteiger partial charge is 0.381 e. The third-order valence-electron chi connectivity index (χ3n) is 3.88. The summed E-state index contributed by atoms with van der Waals surface area (Å²) < 4.78 is 5.44. The molecule has 2 N–H and O–H groups in total. The number of nitrogens with zero attached hydrogens (tertiary/aromatic N) is 1. The number of benzene rings is 1. The zero-order valence-corrected chi connectivity index (χ0v) is 11.2. The second kappa shape index (κ2) is 6.88. The molecule has 3 nitrogen and oxygen atoms in total. The van der Waals surface area contributed by atoms with E-state index >= 15 is 0 Å². The molecule has 0 aliphatic carbocycles. The van der Waals surface area contributed by atoms with Gasteiger partial charge in [-0.2, -0.15) is 0 Å². The van der Waals surface area contributed by atoms with Crippen LogP contribution in [0.4, 0.5) is 0 Å². The van der Waals surface area contributed by atoms with E-state index in [1.165, 1.54) is 5.56 Å². The normalized spacial score (nSPS) is 19.1. The van der Waals surface area contributed by atoms with Crippen LogP contribution in [0.3, 0.4) is 0 Å². The molecule has 1 fully saturated rings. The maximum Gasteiger partial charge on any atom is 0.0480 e. The first-order valence-electron chi connectivity index (χ1n) is 6.87. The predicted octanol–water partition coefficient (Wildman–Crippen LogP) is 2.19. The molecule has 0 spiro atoms. The fraction of sp³-hybridized carbons (Fsp3) is 0.600. The van der Waals surface area contributed by atoms with Gasteiger partial charge in [-0.1, -0.05) is 30.3 Å². The van der Waals surface area contributed by atoms with Gasteiger partial charge in [0, 0.05) is 25.3 Å². The standard InChI is InChI=1S/C15H24N2O/c1-17(14-8-11-18-12-9-14)15(7-10-16)13-5-3-2-4-6-13/h2-6,14-15H,7-12,16H2,1H3. The Kier molecular flexibility index (Phi) is 5.17. The molecule has 1 aliphatic rings. The molecule has 3 heteroatoms. The summed E-state index contributed by atoms with van der Waals surface area (Å²) in [4.78, 5) is 2.49. The first-order valence-corrected chi connectivity index (χ1v) is 6.87. The summed E-state index contributed by atoms with van der Waals surface area (Å²) in [5, 5.41) is 0. The second-order valence-corrected chi connectivity index (χ2v) is 5.01. The third-order valence-corrected chi connectivity index (χ3v) is 3.88. The molecule has 1 saturated heterocycles. The zero-order valence-electron chi connectivity index (χ0n) is 11.2. The minimum Gasteiger partial charge on any atom is -0.381 e. The Morgan fingerprint density at radius 3 is 2.56 bits per heavy atom. The van der Waals surface area contributed by atoms with Crippen molar-refractivity contribution < 1.29 is 4.74 Å². The van der Waals surface area contributed by atoms with Gasteiger partial charge >= 0.3 is 0 Å². The number of ether oxygens (including phenoxy) is 1. The molecule has 0 saturated carbocycles. The minimum absolute atomic E-state index is 0.430. The van der Waals surface area contributed by atoms with E-state index in [-0.39, 0.29) is 0 Å². The molecule has 0 amide bonds. The molecule has 18 heavy (non-hydrogen) atoms. The number of hydrogen-bond acceptors (Lipinski definition) is 3. The van der Waals surface area contributed by atoms with Crippen LogP contribution in [0.25, 0.3) is 0 Å². The molecule has 1 aromatic carbocycles. The van der Waals surface area contributed by atoms with E-state index < -0.39 is 0 Å². The Labute approximate surface area is 110 Å². The molecule has 1 aromatic rings. The van der Waals surface area contributed by atoms with Crippen LogP contribution in [0.2, 0.25) is 0 Å². The van der Waals surface area contributed by atoms with Gasteiger partial charge in [-0.15, -0.1) is 0 Å². The lowest BCUT2D eigenvalue weighted by Gasteiger charge is -2.37. The maximum atomic E-state index is 5.78. The Morgan fingerprint density at radius 2 is 1.94 bits per heavy atom. The van der Waals surface area contributed by atoms with E-state index in [0.717, 1.165) is 39.0 Å². The highest BCUT2D eigenvalue weighted by atomic mass is 16.5. The summed E-state index contributed by atoms with van der Waals surface area (Å²) in [5.74, 6) is 0. The fourth-order valence-electron chi connectivity index (χ4n) is 2.79. The van der Waals surface area contributed by atoms with Crippen LogP contribution in [0.1, 0.15) is 30.9 Å². The summed E-state index contributed by atoms with van der Waals surface area (Å²) in [6.07, 6.45) is 3.27. The van der Waals surface area contributed by atoms with E-state index in [1.807, 2.05) is 0 Å². The Bertz CT molecular complexity index is 336. The topological polar surface area (TPSA) is 38.5 Å². The average Bonchev–Trinajstić information content (AvgIpc) is 2.46. The third kappa shape index (κ3) is 3.31. The fourth-order valence-corrected chi connectivity index (χ4v) is 2.79. The Balaban J connectivity index is 2.08. The lowest BCUT2D eigenvalue weighted by atomic mass is 9.98. The smallest absolute Gasteiger partial charge is 0.0480 e. The Morgan fingerprint density at radius 1 is 1.28 bits per heavy atom. The van der Waals surface area contributed by atoms with Gasteiger partial charge in [-0.25, -0.2) is 0 Å². The molecule has 1 aliphatic heterocycles. The van der Waals surface area contributed by atoms with Gasteiger partial charge in [0.1, 0.15) is 0 Å². The van der Waals surface area contributed by atoms with Gasteiger partial charge < -0.3 is 10.5 Å². The highest BCUT2D eigenvalue weighted by Gasteiger charge is 2.25. The monoisotopic (exact) mass is 248 g/mol. The molecule has 2 rings (SSSR count). The van der Waals surface area contributed by atoms with Crippen LogP contribution in [0.5, 0.6) is 0 Å². The van der Waals surface area contributed by atoms with Crippen molar-refractivity contribution in [2.75, 3.05) is 26.8 Å². The van der Waals surface area contributed by atoms with Gasteiger partial charge in [-0.05, 0) is 38.4 Å². The quantitative estimate of drug-likeness (QED) is 0.868. The van der Waals surface area contributed by atoms with Crippen LogP contribution < -0.4 is 5.73 Å². The van der Waals surface area contributed by atoms with Crippen LogP contribution in [-0.2, 0) is 4.74 Å². The average molecular weight is 248 g/mol. The van der Waals surface area contributed by atoms with Crippen LogP contribution in [0.15, 0.2) is 30.3 Å². The van der Waals surface area contributed by atoms with Gasteiger partial charge in [0.2, 0.25) is 0 Å². The summed E-state index contributed by atoms with van der Waals surface area (Å²) >= 11 is 0.